The lowest BCUT2D eigenvalue weighted by molar-refractivity contribution is -0.139. The normalized spacial score (nSPS) is 19.3. The lowest BCUT2D eigenvalue weighted by Gasteiger charge is -2.25. The van der Waals surface area contributed by atoms with Gasteiger partial charge in [0.2, 0.25) is 5.91 Å². The van der Waals surface area contributed by atoms with Crippen molar-refractivity contribution in [2.75, 3.05) is 6.54 Å². The smallest absolute Gasteiger partial charge is 0.233 e. The Kier molecular flexibility index (Phi) is 6.53. The minimum absolute atomic E-state index is 0.0294. The molecule has 3 aromatic rings. The third kappa shape index (κ3) is 4.66. The van der Waals surface area contributed by atoms with E-state index >= 15 is 0 Å². The van der Waals surface area contributed by atoms with Gasteiger partial charge in [0.1, 0.15) is 5.76 Å². The van der Waals surface area contributed by atoms with Crippen LogP contribution < -0.4 is 0 Å². The number of carbonyl (C=O) groups is 2. The second-order valence-corrected chi connectivity index (χ2v) is 9.27. The number of aliphatic hydroxyl groups is 1. The number of nitrogens with zero attached hydrogens (tertiary/aromatic N) is 3. The van der Waals surface area contributed by atoms with Crippen LogP contribution in [0.15, 0.2) is 40.4 Å². The van der Waals surface area contributed by atoms with Crippen LogP contribution in [0.2, 0.25) is 0 Å². The summed E-state index contributed by atoms with van der Waals surface area (Å²) >= 11 is 1.61. The van der Waals surface area contributed by atoms with Crippen LogP contribution >= 0.6 is 11.3 Å². The van der Waals surface area contributed by atoms with E-state index in [0.717, 1.165) is 21.7 Å². The Morgan fingerprint density at radius 2 is 2.03 bits per heavy atom. The molecule has 0 spiro atoms. The molecule has 1 aromatic carbocycles. The molecule has 4 rings (SSSR count). The Balaban J connectivity index is 1.39. The maximum atomic E-state index is 13.0. The van der Waals surface area contributed by atoms with Gasteiger partial charge in [0.15, 0.2) is 5.78 Å². The first-order chi connectivity index (χ1) is 15.3. The number of hydrogen-bond donors (Lipinski definition) is 1. The number of likely N-dealkylation sites (tertiary alicyclic amines) is 1. The zero-order chi connectivity index (χ0) is 22.8. The molecule has 0 aliphatic carbocycles. The third-order valence-corrected chi connectivity index (χ3v) is 6.98. The second-order valence-electron chi connectivity index (χ2n) is 8.42. The van der Waals surface area contributed by atoms with E-state index in [1.54, 1.807) is 31.3 Å². The number of aryl methyl sites for hydroxylation is 3. The van der Waals surface area contributed by atoms with E-state index in [4.69, 9.17) is 4.52 Å². The number of benzene rings is 1. The van der Waals surface area contributed by atoms with Gasteiger partial charge in [-0.05, 0) is 38.3 Å². The highest BCUT2D eigenvalue weighted by Crippen LogP contribution is 2.29. The number of amides is 1. The second kappa shape index (κ2) is 9.34. The van der Waals surface area contributed by atoms with Crippen LogP contribution in [-0.4, -0.2) is 50.5 Å². The Hall–Kier alpha value is -2.84. The fourth-order valence-electron chi connectivity index (χ4n) is 4.16. The summed E-state index contributed by atoms with van der Waals surface area (Å²) in [4.78, 5) is 33.0. The molecule has 0 unspecified atom stereocenters. The largest absolute Gasteiger partial charge is 0.391 e. The van der Waals surface area contributed by atoms with Crippen LogP contribution in [0, 0.1) is 13.8 Å². The van der Waals surface area contributed by atoms with Gasteiger partial charge in [0.05, 0.1) is 39.8 Å². The van der Waals surface area contributed by atoms with Crippen LogP contribution in [0.25, 0.3) is 10.4 Å². The van der Waals surface area contributed by atoms with Crippen molar-refractivity contribution in [2.45, 2.75) is 58.1 Å². The van der Waals surface area contributed by atoms with Crippen molar-refractivity contribution >= 4 is 23.0 Å². The maximum Gasteiger partial charge on any atom is 0.233 e. The molecule has 1 saturated heterocycles. The van der Waals surface area contributed by atoms with Crippen molar-refractivity contribution < 1.29 is 19.2 Å². The van der Waals surface area contributed by atoms with E-state index in [9.17, 15) is 14.7 Å². The zero-order valence-corrected chi connectivity index (χ0v) is 19.3. The van der Waals surface area contributed by atoms with Crippen LogP contribution in [0.4, 0.5) is 0 Å². The predicted molar refractivity (Wildman–Crippen MR) is 121 cm³/mol. The summed E-state index contributed by atoms with van der Waals surface area (Å²) in [5.41, 5.74) is 5.73. The summed E-state index contributed by atoms with van der Waals surface area (Å²) in [6, 6.07) is 9.28. The van der Waals surface area contributed by atoms with Gasteiger partial charge in [-0.1, -0.05) is 29.4 Å². The van der Waals surface area contributed by atoms with Gasteiger partial charge in [-0.3, -0.25) is 9.59 Å². The van der Waals surface area contributed by atoms with E-state index in [-0.39, 0.29) is 24.7 Å². The molecule has 1 amide bonds. The number of Topliss-reactive ketones (excluding diaryl/α,β-unsaturated/α-hetero) is 1. The zero-order valence-electron chi connectivity index (χ0n) is 18.4. The third-order valence-electron chi connectivity index (χ3n) is 6.00. The average Bonchev–Trinajstić information content (AvgIpc) is 3.51. The number of ketones is 1. The molecule has 7 nitrogen and oxygen atoms in total. The molecule has 1 aliphatic rings. The lowest BCUT2D eigenvalue weighted by Crippen LogP contribution is -2.42. The van der Waals surface area contributed by atoms with Gasteiger partial charge < -0.3 is 14.5 Å². The molecule has 2 aromatic heterocycles. The highest BCUT2D eigenvalue weighted by Gasteiger charge is 2.40. The van der Waals surface area contributed by atoms with Crippen molar-refractivity contribution in [2.24, 2.45) is 0 Å². The lowest BCUT2D eigenvalue weighted by atomic mass is 9.99. The summed E-state index contributed by atoms with van der Waals surface area (Å²) < 4.78 is 5.23. The molecule has 3 atom stereocenters. The first-order valence-electron chi connectivity index (χ1n) is 10.8. The van der Waals surface area contributed by atoms with Crippen LogP contribution in [0.1, 0.15) is 48.4 Å². The highest BCUT2D eigenvalue weighted by atomic mass is 32.1. The molecule has 168 valence electrons. The monoisotopic (exact) mass is 453 g/mol. The Bertz CT molecular complexity index is 1100. The van der Waals surface area contributed by atoms with Crippen LogP contribution in [0.5, 0.6) is 0 Å². The average molecular weight is 454 g/mol. The van der Waals surface area contributed by atoms with Crippen molar-refractivity contribution in [3.63, 3.8) is 0 Å². The number of thiazole rings is 1. The fourth-order valence-corrected chi connectivity index (χ4v) is 4.97. The number of aliphatic hydroxyl groups excluding tert-OH is 1. The van der Waals surface area contributed by atoms with Gasteiger partial charge in [-0.2, -0.15) is 0 Å². The molecule has 1 N–H and O–H groups in total. The fraction of sp³-hybridized carbons (Fsp3) is 0.417. The molecule has 0 bridgehead atoms. The molecule has 3 heterocycles. The number of aromatic nitrogens is 2. The highest BCUT2D eigenvalue weighted by molar-refractivity contribution is 7.13. The van der Waals surface area contributed by atoms with E-state index in [1.165, 1.54) is 4.90 Å². The van der Waals surface area contributed by atoms with Crippen LogP contribution in [-0.2, 0) is 16.0 Å². The van der Waals surface area contributed by atoms with Crippen LogP contribution in [0.3, 0.4) is 0 Å². The van der Waals surface area contributed by atoms with Crippen molar-refractivity contribution in [3.8, 4) is 10.4 Å². The van der Waals surface area contributed by atoms with E-state index < -0.39 is 18.1 Å². The van der Waals surface area contributed by atoms with Crippen molar-refractivity contribution in [1.29, 1.82) is 0 Å². The Labute approximate surface area is 191 Å². The number of rotatable bonds is 7. The summed E-state index contributed by atoms with van der Waals surface area (Å²) in [7, 11) is 0. The molecule has 0 radical (unpaired) electrons. The van der Waals surface area contributed by atoms with Gasteiger partial charge in [-0.15, -0.1) is 11.3 Å². The molecule has 0 saturated carbocycles. The molecule has 1 fully saturated rings. The first-order valence-corrected chi connectivity index (χ1v) is 11.7. The first kappa shape index (κ1) is 22.4. The Morgan fingerprint density at radius 3 is 2.66 bits per heavy atom. The van der Waals surface area contributed by atoms with Gasteiger partial charge in [0.25, 0.3) is 0 Å². The molecule has 1 aliphatic heterocycles. The predicted octanol–water partition coefficient (Wildman–Crippen LogP) is 3.68. The standard InChI is InChI=1S/C24H27N3O4S/c1-14-10-22(31-26-14)15(2)24(30)27-12-19(28)11-20(27)21(29)9-6-17-4-7-18(8-5-17)23-16(3)25-13-32-23/h4-5,7-8,10,13,15,19-20,28H,6,9,11-12H2,1-3H3/t15-,19+,20-/m0/s1. The Morgan fingerprint density at radius 1 is 1.28 bits per heavy atom. The molecule has 32 heavy (non-hydrogen) atoms. The summed E-state index contributed by atoms with van der Waals surface area (Å²) in [5.74, 6) is -0.338. The summed E-state index contributed by atoms with van der Waals surface area (Å²) in [6.45, 7) is 5.68. The molecular formula is C24H27N3O4S. The van der Waals surface area contributed by atoms with Crippen molar-refractivity contribution in [1.82, 2.24) is 15.0 Å². The summed E-state index contributed by atoms with van der Waals surface area (Å²) in [5, 5.41) is 14.0. The summed E-state index contributed by atoms with van der Waals surface area (Å²) in [6.07, 6.45) is 0.483. The van der Waals surface area contributed by atoms with Gasteiger partial charge in [0, 0.05) is 25.5 Å². The topological polar surface area (TPSA) is 96.5 Å². The minimum atomic E-state index is -0.696. The number of hydrogen-bond acceptors (Lipinski definition) is 7. The van der Waals surface area contributed by atoms with Gasteiger partial charge >= 0.3 is 0 Å². The van der Waals surface area contributed by atoms with E-state index in [2.05, 4.69) is 22.3 Å². The van der Waals surface area contributed by atoms with Gasteiger partial charge in [-0.25, -0.2) is 4.98 Å². The molecule has 8 heteroatoms. The maximum absolute atomic E-state index is 13.0. The minimum Gasteiger partial charge on any atom is -0.391 e. The molecular weight excluding hydrogens is 426 g/mol. The van der Waals surface area contributed by atoms with E-state index in [0.29, 0.717) is 24.3 Å². The SMILES string of the molecule is Cc1cc([C@H](C)C(=O)N2C[C@H](O)C[C@H]2C(=O)CCc2ccc(-c3scnc3C)cc2)on1. The number of carbonyl (C=O) groups excluding carboxylic acids is 2. The quantitative estimate of drug-likeness (QED) is 0.586. The van der Waals surface area contributed by atoms with E-state index in [1.807, 2.05) is 24.6 Å². The number of β-amino-alcohol motifs (C(OH)–C–C–N with tert-alkyl or cyclic N) is 1. The van der Waals surface area contributed by atoms with Crippen molar-refractivity contribution in [3.05, 3.63) is 58.6 Å².